The second-order valence-corrected chi connectivity index (χ2v) is 6.29. The summed E-state index contributed by atoms with van der Waals surface area (Å²) in [5, 5.41) is 0.753. The second kappa shape index (κ2) is 8.76. The Bertz CT molecular complexity index is 375. The highest BCUT2D eigenvalue weighted by Crippen LogP contribution is 2.18. The number of halogens is 2. The third kappa shape index (κ3) is 5.90. The lowest BCUT2D eigenvalue weighted by Gasteiger charge is -2.32. The van der Waals surface area contributed by atoms with Gasteiger partial charge < -0.3 is 9.64 Å². The van der Waals surface area contributed by atoms with Crippen LogP contribution < -0.4 is 4.74 Å². The van der Waals surface area contributed by atoms with Crippen molar-refractivity contribution in [1.29, 1.82) is 0 Å². The summed E-state index contributed by atoms with van der Waals surface area (Å²) >= 11 is 5.85. The molecule has 0 aromatic heterocycles. The highest BCUT2D eigenvalue weighted by molar-refractivity contribution is 6.30. The van der Waals surface area contributed by atoms with Crippen LogP contribution in [0.3, 0.4) is 0 Å². The zero-order valence-corrected chi connectivity index (χ0v) is 13.9. The zero-order chi connectivity index (χ0) is 13.7. The van der Waals surface area contributed by atoms with Gasteiger partial charge in [0.15, 0.2) is 0 Å². The molecular weight excluding hydrogens is 293 g/mol. The maximum absolute atomic E-state index is 5.85. The van der Waals surface area contributed by atoms with Crippen LogP contribution in [0, 0.1) is 11.8 Å². The van der Waals surface area contributed by atoms with Crippen molar-refractivity contribution in [2.24, 2.45) is 11.8 Å². The molecule has 2 rings (SSSR count). The van der Waals surface area contributed by atoms with Gasteiger partial charge in [0.2, 0.25) is 0 Å². The van der Waals surface area contributed by atoms with Crippen molar-refractivity contribution in [3.63, 3.8) is 0 Å². The van der Waals surface area contributed by atoms with Crippen LogP contribution in [-0.2, 0) is 0 Å². The lowest BCUT2D eigenvalue weighted by Crippen LogP contribution is -2.37. The van der Waals surface area contributed by atoms with Gasteiger partial charge in [-0.2, -0.15) is 0 Å². The molecule has 1 aliphatic heterocycles. The number of hydrogen-bond acceptors (Lipinski definition) is 2. The van der Waals surface area contributed by atoms with Crippen LogP contribution in [0.4, 0.5) is 0 Å². The van der Waals surface area contributed by atoms with E-state index in [9.17, 15) is 0 Å². The molecule has 114 valence electrons. The molecule has 1 saturated heterocycles. The van der Waals surface area contributed by atoms with Crippen molar-refractivity contribution in [1.82, 2.24) is 4.90 Å². The fourth-order valence-electron chi connectivity index (χ4n) is 2.51. The molecule has 0 amide bonds. The van der Waals surface area contributed by atoms with E-state index in [1.54, 1.807) is 0 Å². The fraction of sp³-hybridized carbons (Fsp3) is 0.625. The van der Waals surface area contributed by atoms with Crippen molar-refractivity contribution in [3.05, 3.63) is 29.3 Å². The minimum atomic E-state index is 0. The molecule has 0 saturated carbocycles. The number of ether oxygens (including phenoxy) is 1. The first-order valence-electron chi connectivity index (χ1n) is 7.24. The largest absolute Gasteiger partial charge is 0.493 e. The first-order valence-corrected chi connectivity index (χ1v) is 7.62. The van der Waals surface area contributed by atoms with E-state index in [-0.39, 0.29) is 12.4 Å². The third-order valence-corrected chi connectivity index (χ3v) is 4.05. The fourth-order valence-corrected chi connectivity index (χ4v) is 2.63. The molecule has 0 N–H and O–H groups in total. The number of nitrogens with zero attached hydrogens (tertiary/aromatic N) is 1. The molecule has 1 heterocycles. The van der Waals surface area contributed by atoms with E-state index in [4.69, 9.17) is 16.3 Å². The summed E-state index contributed by atoms with van der Waals surface area (Å²) in [7, 11) is 0. The van der Waals surface area contributed by atoms with E-state index in [1.165, 1.54) is 25.9 Å². The molecule has 2 nitrogen and oxygen atoms in total. The van der Waals surface area contributed by atoms with Gasteiger partial charge in [0.25, 0.3) is 0 Å². The molecule has 0 bridgehead atoms. The van der Waals surface area contributed by atoms with E-state index < -0.39 is 0 Å². The molecule has 0 unspecified atom stereocenters. The first kappa shape index (κ1) is 17.6. The molecule has 1 fully saturated rings. The monoisotopic (exact) mass is 317 g/mol. The van der Waals surface area contributed by atoms with Gasteiger partial charge in [-0.15, -0.1) is 12.4 Å². The van der Waals surface area contributed by atoms with Gasteiger partial charge in [0.1, 0.15) is 5.75 Å². The van der Waals surface area contributed by atoms with Crippen molar-refractivity contribution < 1.29 is 4.74 Å². The summed E-state index contributed by atoms with van der Waals surface area (Å²) in [6, 6.07) is 7.59. The number of rotatable bonds is 5. The van der Waals surface area contributed by atoms with Crippen molar-refractivity contribution in [2.75, 3.05) is 26.2 Å². The molecule has 1 aliphatic rings. The summed E-state index contributed by atoms with van der Waals surface area (Å²) in [5.74, 6) is 2.37. The summed E-state index contributed by atoms with van der Waals surface area (Å²) < 4.78 is 5.80. The Morgan fingerprint density at radius 1 is 1.25 bits per heavy atom. The molecule has 1 aromatic rings. The van der Waals surface area contributed by atoms with Crippen molar-refractivity contribution in [3.8, 4) is 5.75 Å². The summed E-state index contributed by atoms with van der Waals surface area (Å²) in [6.07, 6.45) is 2.68. The zero-order valence-electron chi connectivity index (χ0n) is 12.3. The van der Waals surface area contributed by atoms with Gasteiger partial charge in [0, 0.05) is 17.5 Å². The Morgan fingerprint density at radius 2 is 1.85 bits per heavy atom. The second-order valence-electron chi connectivity index (χ2n) is 5.85. The summed E-state index contributed by atoms with van der Waals surface area (Å²) in [4.78, 5) is 2.57. The van der Waals surface area contributed by atoms with Crippen molar-refractivity contribution >= 4 is 24.0 Å². The van der Waals surface area contributed by atoms with Crippen LogP contribution >= 0.6 is 24.0 Å². The quantitative estimate of drug-likeness (QED) is 0.792. The molecular formula is C16H25Cl2NO. The van der Waals surface area contributed by atoms with E-state index in [0.717, 1.165) is 29.8 Å². The number of hydrogen-bond donors (Lipinski definition) is 0. The number of piperidine rings is 1. The van der Waals surface area contributed by atoms with Gasteiger partial charge in [-0.05, 0) is 56.1 Å². The Morgan fingerprint density at radius 3 is 2.45 bits per heavy atom. The van der Waals surface area contributed by atoms with Crippen LogP contribution in [0.1, 0.15) is 26.7 Å². The predicted molar refractivity (Wildman–Crippen MR) is 88.2 cm³/mol. The molecule has 20 heavy (non-hydrogen) atoms. The average Bonchev–Trinajstić information content (AvgIpc) is 2.41. The number of benzene rings is 1. The molecule has 1 aromatic carbocycles. The summed E-state index contributed by atoms with van der Waals surface area (Å²) in [6.45, 7) is 9.01. The molecule has 4 heteroatoms. The van der Waals surface area contributed by atoms with Crippen LogP contribution in [0.2, 0.25) is 5.02 Å². The molecule has 1 atom stereocenters. The SMILES string of the molecule is CC1CCN(C[C@@H](C)COc2ccc(Cl)cc2)CC1.Cl. The van der Waals surface area contributed by atoms with E-state index >= 15 is 0 Å². The summed E-state index contributed by atoms with van der Waals surface area (Å²) in [5.41, 5.74) is 0. The Hall–Kier alpha value is -0.440. The highest BCUT2D eigenvalue weighted by atomic mass is 35.5. The molecule has 0 radical (unpaired) electrons. The maximum Gasteiger partial charge on any atom is 0.119 e. The van der Waals surface area contributed by atoms with Gasteiger partial charge >= 0.3 is 0 Å². The van der Waals surface area contributed by atoms with Gasteiger partial charge in [-0.1, -0.05) is 25.4 Å². The predicted octanol–water partition coefficient (Wildman–Crippen LogP) is 4.51. The lowest BCUT2D eigenvalue weighted by molar-refractivity contribution is 0.146. The van der Waals surface area contributed by atoms with Crippen LogP contribution in [-0.4, -0.2) is 31.1 Å². The Balaban J connectivity index is 0.00000200. The van der Waals surface area contributed by atoms with E-state index in [1.807, 2.05) is 24.3 Å². The third-order valence-electron chi connectivity index (χ3n) is 3.79. The standard InChI is InChI=1S/C16H24ClNO.ClH/c1-13-7-9-18(10-8-13)11-14(2)12-19-16-5-3-15(17)4-6-16;/h3-6,13-14H,7-12H2,1-2H3;1H/t14-;/m1./s1. The molecule has 0 aliphatic carbocycles. The average molecular weight is 318 g/mol. The first-order chi connectivity index (χ1) is 9.13. The molecule has 0 spiro atoms. The minimum absolute atomic E-state index is 0. The van der Waals surface area contributed by atoms with Gasteiger partial charge in [0.05, 0.1) is 6.61 Å². The van der Waals surface area contributed by atoms with Crippen LogP contribution in [0.15, 0.2) is 24.3 Å². The minimum Gasteiger partial charge on any atom is -0.493 e. The van der Waals surface area contributed by atoms with Gasteiger partial charge in [-0.3, -0.25) is 0 Å². The van der Waals surface area contributed by atoms with Crippen LogP contribution in [0.5, 0.6) is 5.75 Å². The van der Waals surface area contributed by atoms with E-state index in [0.29, 0.717) is 5.92 Å². The topological polar surface area (TPSA) is 12.5 Å². The smallest absolute Gasteiger partial charge is 0.119 e. The number of likely N-dealkylation sites (tertiary alicyclic amines) is 1. The van der Waals surface area contributed by atoms with Crippen molar-refractivity contribution in [2.45, 2.75) is 26.7 Å². The highest BCUT2D eigenvalue weighted by Gasteiger charge is 2.17. The van der Waals surface area contributed by atoms with Gasteiger partial charge in [-0.25, -0.2) is 0 Å². The lowest BCUT2D eigenvalue weighted by atomic mass is 9.98. The normalized spacial score (nSPS) is 18.4. The van der Waals surface area contributed by atoms with E-state index in [2.05, 4.69) is 18.7 Å². The van der Waals surface area contributed by atoms with Crippen LogP contribution in [0.25, 0.3) is 0 Å². The Labute approximate surface area is 133 Å². The maximum atomic E-state index is 5.85. The Kier molecular flexibility index (Phi) is 7.71.